The first-order valence-corrected chi connectivity index (χ1v) is 8.86. The van der Waals surface area contributed by atoms with Crippen LogP contribution in [0.3, 0.4) is 0 Å². The van der Waals surface area contributed by atoms with Gasteiger partial charge in [-0.15, -0.1) is 0 Å². The van der Waals surface area contributed by atoms with Crippen molar-refractivity contribution in [2.45, 2.75) is 65.6 Å². The Labute approximate surface area is 154 Å². The Morgan fingerprint density at radius 2 is 1.75 bits per heavy atom. The van der Waals surface area contributed by atoms with E-state index in [0.29, 0.717) is 28.5 Å². The number of nitrogens with one attached hydrogen (secondary N) is 1. The van der Waals surface area contributed by atoms with E-state index in [0.717, 1.165) is 0 Å². The summed E-state index contributed by atoms with van der Waals surface area (Å²) in [4.78, 5) is 26.6. The van der Waals surface area contributed by atoms with Crippen LogP contribution in [0, 0.1) is 0 Å². The zero-order chi connectivity index (χ0) is 18.5. The Bertz CT molecular complexity index is 577. The van der Waals surface area contributed by atoms with E-state index in [1.165, 1.54) is 4.90 Å². The number of rotatable bonds is 6. The molecular formula is C18H26Cl2N2O2. The van der Waals surface area contributed by atoms with Crippen LogP contribution in [0.1, 0.15) is 53.0 Å². The van der Waals surface area contributed by atoms with E-state index in [1.807, 2.05) is 27.7 Å². The van der Waals surface area contributed by atoms with Crippen molar-refractivity contribution in [2.75, 3.05) is 0 Å². The van der Waals surface area contributed by atoms with Gasteiger partial charge in [0.25, 0.3) is 0 Å². The molecular weight excluding hydrogens is 347 g/mol. The second kappa shape index (κ2) is 8.72. The molecule has 0 aliphatic heterocycles. The summed E-state index contributed by atoms with van der Waals surface area (Å²) in [6.45, 7) is 9.57. The van der Waals surface area contributed by atoms with E-state index in [-0.39, 0.29) is 23.9 Å². The number of hydrogen-bond donors (Lipinski definition) is 1. The largest absolute Gasteiger partial charge is 0.350 e. The van der Waals surface area contributed by atoms with E-state index >= 15 is 0 Å². The second-order valence-corrected chi connectivity index (χ2v) is 7.70. The van der Waals surface area contributed by atoms with Crippen LogP contribution < -0.4 is 5.32 Å². The van der Waals surface area contributed by atoms with Crippen molar-refractivity contribution in [3.8, 4) is 0 Å². The zero-order valence-corrected chi connectivity index (χ0v) is 16.5. The van der Waals surface area contributed by atoms with Gasteiger partial charge in [0.15, 0.2) is 0 Å². The minimum atomic E-state index is -0.615. The van der Waals surface area contributed by atoms with Crippen LogP contribution in [0.4, 0.5) is 0 Å². The molecule has 0 aliphatic carbocycles. The molecule has 0 heterocycles. The first-order chi connectivity index (χ1) is 11.1. The highest BCUT2D eigenvalue weighted by Crippen LogP contribution is 2.27. The number of nitrogens with zero attached hydrogens (tertiary/aromatic N) is 1. The first kappa shape index (κ1) is 20.8. The maximum Gasteiger partial charge on any atom is 0.242 e. The van der Waals surface area contributed by atoms with E-state index < -0.39 is 6.04 Å². The van der Waals surface area contributed by atoms with Gasteiger partial charge in [0.05, 0.1) is 0 Å². The Morgan fingerprint density at radius 1 is 1.21 bits per heavy atom. The summed E-state index contributed by atoms with van der Waals surface area (Å²) >= 11 is 12.4. The van der Waals surface area contributed by atoms with Crippen molar-refractivity contribution in [2.24, 2.45) is 0 Å². The van der Waals surface area contributed by atoms with Gasteiger partial charge in [-0.3, -0.25) is 9.59 Å². The Morgan fingerprint density at radius 3 is 2.21 bits per heavy atom. The number of amides is 2. The molecule has 1 rings (SSSR count). The summed E-state index contributed by atoms with van der Waals surface area (Å²) in [5.41, 5.74) is 0.285. The molecule has 24 heavy (non-hydrogen) atoms. The molecule has 0 saturated heterocycles. The van der Waals surface area contributed by atoms with Crippen molar-refractivity contribution in [1.29, 1.82) is 0 Å². The summed E-state index contributed by atoms with van der Waals surface area (Å²) in [5, 5.41) is 3.89. The van der Waals surface area contributed by atoms with Crippen LogP contribution in [0.15, 0.2) is 18.2 Å². The third-order valence-corrected chi connectivity index (χ3v) is 4.23. The van der Waals surface area contributed by atoms with E-state index in [9.17, 15) is 9.59 Å². The van der Waals surface area contributed by atoms with Gasteiger partial charge in [0.2, 0.25) is 11.8 Å². The van der Waals surface area contributed by atoms with Gasteiger partial charge >= 0.3 is 0 Å². The summed E-state index contributed by atoms with van der Waals surface area (Å²) in [7, 11) is 0. The van der Waals surface area contributed by atoms with Crippen LogP contribution in [0.5, 0.6) is 0 Å². The lowest BCUT2D eigenvalue weighted by Gasteiger charge is -2.32. The topological polar surface area (TPSA) is 49.4 Å². The third kappa shape index (κ3) is 5.99. The molecule has 1 aromatic rings. The highest BCUT2D eigenvalue weighted by molar-refractivity contribution is 6.36. The molecule has 1 aromatic carbocycles. The number of hydrogen-bond acceptors (Lipinski definition) is 2. The summed E-state index contributed by atoms with van der Waals surface area (Å²) in [6.07, 6.45) is 1.08. The molecule has 0 saturated carbocycles. The molecule has 4 nitrogen and oxygen atoms in total. The van der Waals surface area contributed by atoms with Crippen LogP contribution in [-0.4, -0.2) is 28.3 Å². The molecule has 0 fully saturated rings. The van der Waals surface area contributed by atoms with Crippen molar-refractivity contribution in [3.63, 3.8) is 0 Å². The molecule has 0 aliphatic rings. The molecule has 2 amide bonds. The average molecular weight is 373 g/mol. The number of benzene rings is 1. The van der Waals surface area contributed by atoms with Crippen molar-refractivity contribution >= 4 is 35.0 Å². The Balaban J connectivity index is 3.08. The zero-order valence-electron chi connectivity index (χ0n) is 15.0. The SMILES string of the molecule is CCCC(=O)N(Cc1c(Cl)cccc1Cl)[C@@H](C)C(=O)NC(C)(C)C. The van der Waals surface area contributed by atoms with Gasteiger partial charge in [0.1, 0.15) is 6.04 Å². The van der Waals surface area contributed by atoms with Gasteiger partial charge in [-0.25, -0.2) is 0 Å². The van der Waals surface area contributed by atoms with Crippen molar-refractivity contribution in [3.05, 3.63) is 33.8 Å². The van der Waals surface area contributed by atoms with E-state index in [1.54, 1.807) is 25.1 Å². The predicted octanol–water partition coefficient (Wildman–Crippen LogP) is 4.43. The van der Waals surface area contributed by atoms with Gasteiger partial charge in [-0.2, -0.15) is 0 Å². The van der Waals surface area contributed by atoms with Crippen LogP contribution >= 0.6 is 23.2 Å². The van der Waals surface area contributed by atoms with Crippen molar-refractivity contribution in [1.82, 2.24) is 10.2 Å². The maximum absolute atomic E-state index is 12.5. The summed E-state index contributed by atoms with van der Waals surface area (Å²) in [5.74, 6) is -0.292. The fourth-order valence-corrected chi connectivity index (χ4v) is 2.78. The Hall–Kier alpha value is -1.26. The summed E-state index contributed by atoms with van der Waals surface area (Å²) in [6, 6.07) is 4.59. The lowest BCUT2D eigenvalue weighted by Crippen LogP contribution is -2.52. The molecule has 0 bridgehead atoms. The highest BCUT2D eigenvalue weighted by atomic mass is 35.5. The van der Waals surface area contributed by atoms with Gasteiger partial charge in [-0.1, -0.05) is 36.2 Å². The number of carbonyl (C=O) groups is 2. The normalized spacial score (nSPS) is 12.6. The fourth-order valence-electron chi connectivity index (χ4n) is 2.27. The lowest BCUT2D eigenvalue weighted by atomic mass is 10.1. The number of halogens is 2. The molecule has 6 heteroatoms. The fraction of sp³-hybridized carbons (Fsp3) is 0.556. The summed E-state index contributed by atoms with van der Waals surface area (Å²) < 4.78 is 0. The number of carbonyl (C=O) groups excluding carboxylic acids is 2. The minimum absolute atomic E-state index is 0.0926. The molecule has 0 radical (unpaired) electrons. The van der Waals surface area contributed by atoms with E-state index in [4.69, 9.17) is 23.2 Å². The molecule has 0 aromatic heterocycles. The van der Waals surface area contributed by atoms with Crippen LogP contribution in [-0.2, 0) is 16.1 Å². The second-order valence-electron chi connectivity index (χ2n) is 6.89. The van der Waals surface area contributed by atoms with Crippen LogP contribution in [0.2, 0.25) is 10.0 Å². The average Bonchev–Trinajstić information content (AvgIpc) is 2.44. The van der Waals surface area contributed by atoms with Crippen molar-refractivity contribution < 1.29 is 9.59 Å². The van der Waals surface area contributed by atoms with Crippen LogP contribution in [0.25, 0.3) is 0 Å². The standard InChI is InChI=1S/C18H26Cl2N2O2/c1-6-8-16(23)22(12(2)17(24)21-18(3,4)5)11-13-14(19)9-7-10-15(13)20/h7,9-10,12H,6,8,11H2,1-5H3,(H,21,24)/t12-/m0/s1. The van der Waals surface area contributed by atoms with Gasteiger partial charge < -0.3 is 10.2 Å². The quantitative estimate of drug-likeness (QED) is 0.802. The highest BCUT2D eigenvalue weighted by Gasteiger charge is 2.28. The van der Waals surface area contributed by atoms with Gasteiger partial charge in [-0.05, 0) is 46.2 Å². The first-order valence-electron chi connectivity index (χ1n) is 8.11. The van der Waals surface area contributed by atoms with Gasteiger partial charge in [0, 0.05) is 34.1 Å². The molecule has 1 N–H and O–H groups in total. The maximum atomic E-state index is 12.5. The molecule has 0 unspecified atom stereocenters. The smallest absolute Gasteiger partial charge is 0.242 e. The Kier molecular flexibility index (Phi) is 7.56. The predicted molar refractivity (Wildman–Crippen MR) is 99.3 cm³/mol. The molecule has 1 atom stereocenters. The molecule has 0 spiro atoms. The molecule has 134 valence electrons. The monoisotopic (exact) mass is 372 g/mol. The minimum Gasteiger partial charge on any atom is -0.350 e. The lowest BCUT2D eigenvalue weighted by molar-refractivity contribution is -0.141. The van der Waals surface area contributed by atoms with E-state index in [2.05, 4.69) is 5.32 Å². The third-order valence-electron chi connectivity index (χ3n) is 3.52.